The van der Waals surface area contributed by atoms with E-state index in [1.54, 1.807) is 48.5 Å². The van der Waals surface area contributed by atoms with E-state index in [1.807, 2.05) is 0 Å². The van der Waals surface area contributed by atoms with Gasteiger partial charge in [-0.05, 0) is 99.9 Å². The van der Waals surface area contributed by atoms with Gasteiger partial charge in [-0.15, -0.1) is 0 Å². The topological polar surface area (TPSA) is 130 Å². The summed E-state index contributed by atoms with van der Waals surface area (Å²) >= 11 is 0. The Bertz CT molecular complexity index is 1270. The van der Waals surface area contributed by atoms with Crippen LogP contribution in [-0.2, 0) is 28.5 Å². The molecule has 0 unspecified atom stereocenters. The molecule has 0 saturated carbocycles. The van der Waals surface area contributed by atoms with Crippen molar-refractivity contribution in [2.45, 2.75) is 51.4 Å². The average Bonchev–Trinajstić information content (AvgIpc) is 3.17. The highest BCUT2D eigenvalue weighted by atomic mass is 16.5. The zero-order valence-electron chi connectivity index (χ0n) is 30.3. The second kappa shape index (κ2) is 25.3. The summed E-state index contributed by atoms with van der Waals surface area (Å²) in [4.78, 5) is 51.6. The number of esters is 4. The van der Waals surface area contributed by atoms with Crippen molar-refractivity contribution in [3.63, 3.8) is 0 Å². The summed E-state index contributed by atoms with van der Waals surface area (Å²) in [7, 11) is 0. The molecule has 2 aromatic carbocycles. The second-order valence-corrected chi connectivity index (χ2v) is 12.3. The Morgan fingerprint density at radius 2 is 0.827 bits per heavy atom. The number of piperazine rings is 1. The SMILES string of the molecule is C=CC(=O)OCCCCCCOc1ccc(C(=O)OCCN2CCN(CCOC(=O)c3ccc(OCCCCCCOC(=O)C=C)cc3)CC2)cc1. The van der Waals surface area contributed by atoms with Crippen molar-refractivity contribution in [2.24, 2.45) is 0 Å². The number of hydrogen-bond donors (Lipinski definition) is 0. The van der Waals surface area contributed by atoms with Crippen LogP contribution >= 0.6 is 0 Å². The standard InChI is InChI=1S/C40H54N2O10/c1-3-37(43)49-29-11-7-5-9-27-47-35-17-13-33(14-18-35)39(45)51-31-25-41-21-23-42(24-22-41)26-32-52-40(46)34-15-19-36(20-16-34)48-28-10-6-8-12-30-50-38(44)4-2/h3-4,13-20H,1-2,5-12,21-32H2. The minimum Gasteiger partial charge on any atom is -0.494 e. The summed E-state index contributed by atoms with van der Waals surface area (Å²) < 4.78 is 32.4. The van der Waals surface area contributed by atoms with Gasteiger partial charge in [0.2, 0.25) is 0 Å². The quantitative estimate of drug-likeness (QED) is 0.0515. The fourth-order valence-corrected chi connectivity index (χ4v) is 5.27. The monoisotopic (exact) mass is 722 g/mol. The van der Waals surface area contributed by atoms with Gasteiger partial charge in [-0.1, -0.05) is 13.2 Å². The van der Waals surface area contributed by atoms with Crippen LogP contribution in [0.5, 0.6) is 11.5 Å². The lowest BCUT2D eigenvalue weighted by molar-refractivity contribution is -0.138. The molecule has 0 radical (unpaired) electrons. The van der Waals surface area contributed by atoms with Gasteiger partial charge in [0.1, 0.15) is 24.7 Å². The molecule has 0 atom stereocenters. The van der Waals surface area contributed by atoms with Gasteiger partial charge in [-0.3, -0.25) is 9.80 Å². The Morgan fingerprint density at radius 1 is 0.481 bits per heavy atom. The largest absolute Gasteiger partial charge is 0.494 e. The van der Waals surface area contributed by atoms with E-state index in [-0.39, 0.29) is 11.9 Å². The van der Waals surface area contributed by atoms with E-state index in [0.717, 1.165) is 89.7 Å². The van der Waals surface area contributed by atoms with Gasteiger partial charge >= 0.3 is 23.9 Å². The highest BCUT2D eigenvalue weighted by molar-refractivity contribution is 5.90. The highest BCUT2D eigenvalue weighted by Gasteiger charge is 2.18. The molecule has 0 aromatic heterocycles. The van der Waals surface area contributed by atoms with Gasteiger partial charge < -0.3 is 28.4 Å². The van der Waals surface area contributed by atoms with Crippen molar-refractivity contribution in [1.29, 1.82) is 0 Å². The molecule has 0 bridgehead atoms. The molecule has 0 amide bonds. The fraction of sp³-hybridized carbons (Fsp3) is 0.500. The number of nitrogens with zero attached hydrogens (tertiary/aromatic N) is 2. The van der Waals surface area contributed by atoms with Crippen LogP contribution in [0.2, 0.25) is 0 Å². The molecule has 1 aliphatic heterocycles. The summed E-state index contributed by atoms with van der Waals surface area (Å²) in [6.07, 6.45) is 9.56. The smallest absolute Gasteiger partial charge is 0.338 e. The Hall–Kier alpha value is -4.68. The highest BCUT2D eigenvalue weighted by Crippen LogP contribution is 2.16. The van der Waals surface area contributed by atoms with Crippen LogP contribution in [-0.4, -0.2) is 113 Å². The number of ether oxygens (including phenoxy) is 6. The molecule has 1 heterocycles. The molecule has 284 valence electrons. The molecule has 1 fully saturated rings. The van der Waals surface area contributed by atoms with Crippen molar-refractivity contribution in [1.82, 2.24) is 9.80 Å². The Balaban J connectivity index is 1.18. The lowest BCUT2D eigenvalue weighted by atomic mass is 10.2. The molecule has 0 spiro atoms. The van der Waals surface area contributed by atoms with Crippen LogP contribution in [0.15, 0.2) is 73.8 Å². The zero-order chi connectivity index (χ0) is 37.2. The Morgan fingerprint density at radius 3 is 1.17 bits per heavy atom. The number of carbonyl (C=O) groups excluding carboxylic acids is 4. The lowest BCUT2D eigenvalue weighted by Crippen LogP contribution is -2.48. The van der Waals surface area contributed by atoms with Gasteiger partial charge in [0.25, 0.3) is 0 Å². The van der Waals surface area contributed by atoms with Crippen LogP contribution < -0.4 is 9.47 Å². The first-order valence-electron chi connectivity index (χ1n) is 18.2. The predicted octanol–water partition coefficient (Wildman–Crippen LogP) is 5.65. The minimum absolute atomic E-state index is 0.307. The third kappa shape index (κ3) is 17.5. The number of rotatable bonds is 26. The first kappa shape index (κ1) is 41.7. The van der Waals surface area contributed by atoms with Gasteiger partial charge in [0.05, 0.1) is 37.6 Å². The summed E-state index contributed by atoms with van der Waals surface area (Å²) in [5.74, 6) is -0.106. The molecule has 1 aliphatic rings. The number of carbonyl (C=O) groups is 4. The third-order valence-electron chi connectivity index (χ3n) is 8.36. The van der Waals surface area contributed by atoms with E-state index in [1.165, 1.54) is 0 Å². The fourth-order valence-electron chi connectivity index (χ4n) is 5.27. The van der Waals surface area contributed by atoms with Crippen LogP contribution in [0.3, 0.4) is 0 Å². The maximum atomic E-state index is 12.5. The zero-order valence-corrected chi connectivity index (χ0v) is 30.3. The Kier molecular flexibility index (Phi) is 20.3. The van der Waals surface area contributed by atoms with Crippen molar-refractivity contribution in [3.8, 4) is 11.5 Å². The van der Waals surface area contributed by atoms with Gasteiger partial charge in [-0.2, -0.15) is 0 Å². The summed E-state index contributed by atoms with van der Waals surface area (Å²) in [6, 6.07) is 13.9. The number of benzene rings is 2. The number of unbranched alkanes of at least 4 members (excludes halogenated alkanes) is 6. The van der Waals surface area contributed by atoms with Crippen LogP contribution in [0, 0.1) is 0 Å². The molecular formula is C40H54N2O10. The first-order valence-corrected chi connectivity index (χ1v) is 18.2. The van der Waals surface area contributed by atoms with Crippen molar-refractivity contribution >= 4 is 23.9 Å². The van der Waals surface area contributed by atoms with Crippen molar-refractivity contribution in [3.05, 3.63) is 85.0 Å². The van der Waals surface area contributed by atoms with Gasteiger partial charge in [0, 0.05) is 51.4 Å². The van der Waals surface area contributed by atoms with E-state index < -0.39 is 11.9 Å². The lowest BCUT2D eigenvalue weighted by Gasteiger charge is -2.34. The first-order chi connectivity index (χ1) is 25.4. The van der Waals surface area contributed by atoms with E-state index >= 15 is 0 Å². The molecule has 1 saturated heterocycles. The van der Waals surface area contributed by atoms with Gasteiger partial charge in [-0.25, -0.2) is 19.2 Å². The molecule has 0 aliphatic carbocycles. The molecule has 0 N–H and O–H groups in total. The molecule has 2 aromatic rings. The van der Waals surface area contributed by atoms with E-state index in [4.69, 9.17) is 28.4 Å². The maximum absolute atomic E-state index is 12.5. The van der Waals surface area contributed by atoms with Crippen LogP contribution in [0.4, 0.5) is 0 Å². The van der Waals surface area contributed by atoms with Crippen molar-refractivity contribution < 1.29 is 47.6 Å². The summed E-state index contributed by atoms with van der Waals surface area (Å²) in [5, 5.41) is 0. The van der Waals surface area contributed by atoms with E-state index in [9.17, 15) is 19.2 Å². The Labute approximate surface area is 307 Å². The summed E-state index contributed by atoms with van der Waals surface area (Å²) in [5.41, 5.74) is 0.964. The maximum Gasteiger partial charge on any atom is 0.338 e. The van der Waals surface area contributed by atoms with E-state index in [2.05, 4.69) is 23.0 Å². The molecule has 12 nitrogen and oxygen atoms in total. The van der Waals surface area contributed by atoms with Crippen LogP contribution in [0.1, 0.15) is 72.1 Å². The predicted molar refractivity (Wildman–Crippen MR) is 197 cm³/mol. The summed E-state index contributed by atoms with van der Waals surface area (Å²) in [6.45, 7) is 14.0. The normalized spacial score (nSPS) is 13.1. The molecule has 12 heteroatoms. The molecular weight excluding hydrogens is 668 g/mol. The van der Waals surface area contributed by atoms with Gasteiger partial charge in [0.15, 0.2) is 0 Å². The average molecular weight is 723 g/mol. The molecule has 52 heavy (non-hydrogen) atoms. The molecule has 3 rings (SSSR count). The van der Waals surface area contributed by atoms with Crippen LogP contribution in [0.25, 0.3) is 0 Å². The minimum atomic E-state index is -0.393. The second-order valence-electron chi connectivity index (χ2n) is 12.3. The third-order valence-corrected chi connectivity index (χ3v) is 8.36. The number of hydrogen-bond acceptors (Lipinski definition) is 12. The van der Waals surface area contributed by atoms with E-state index in [0.29, 0.717) is 75.4 Å². The van der Waals surface area contributed by atoms with Crippen molar-refractivity contribution in [2.75, 3.05) is 78.9 Å².